The van der Waals surface area contributed by atoms with Crippen molar-refractivity contribution in [1.29, 1.82) is 0 Å². The van der Waals surface area contributed by atoms with Crippen molar-refractivity contribution in [2.24, 2.45) is 28.7 Å². The monoisotopic (exact) mass is 587 g/mol. The van der Waals surface area contributed by atoms with Gasteiger partial charge in [-0.05, 0) is 12.8 Å². The molecule has 14 nitrogen and oxygen atoms in total. The van der Waals surface area contributed by atoms with Gasteiger partial charge in [0.15, 0.2) is 12.6 Å². The van der Waals surface area contributed by atoms with Crippen LogP contribution in [0.15, 0.2) is 0 Å². The molecule has 1 aliphatic carbocycles. The molecule has 3 rings (SSSR count). The molecule has 3 fully saturated rings. The largest absolute Gasteiger partial charge is 0.390 e. The third-order valence-electron chi connectivity index (χ3n) is 7.12. The van der Waals surface area contributed by atoms with Gasteiger partial charge in [0.25, 0.3) is 0 Å². The minimum absolute atomic E-state index is 0.0643. The summed E-state index contributed by atoms with van der Waals surface area (Å²) in [7, 11) is 0. The Morgan fingerprint density at radius 1 is 0.789 bits per heavy atom. The van der Waals surface area contributed by atoms with Gasteiger partial charge in [0, 0.05) is 35.9 Å². The molecule has 14 N–H and O–H groups in total. The standard InChI is InChI=1S/C22H45N5O9S2/c23-7-13-12(28)6-11(26)21(33-13)35-19-9(24)5-10(25)20(18(19)31)36-22-17(30)15(27)16(29)14(34-22)8-38-4-2-32-1-3-37/h9-22,28-31,37H,1-8,23-27H2/t9-,10+,11+,12-,13+,14+,15-,16+,17+,18-,19+,20-,21+,22-/m0/s1. The SMILES string of the molecule is NC[C@H]1O[C@H](O[C@H]2[C@H](O)[C@@H](O[C@@H]3O[C@H](CSCCOCCS)[C@@H](O)[C@H](N)[C@H]3O)[C@H](N)C[C@@H]2N)[C@H](N)C[C@@H]1O. The highest BCUT2D eigenvalue weighted by molar-refractivity contribution is 7.99. The number of hydrogen-bond acceptors (Lipinski definition) is 16. The van der Waals surface area contributed by atoms with Crippen molar-refractivity contribution in [3.63, 3.8) is 0 Å². The van der Waals surface area contributed by atoms with E-state index in [1.807, 2.05) is 0 Å². The van der Waals surface area contributed by atoms with Crippen LogP contribution in [0.4, 0.5) is 0 Å². The molecule has 1 saturated carbocycles. The minimum atomic E-state index is -1.37. The smallest absolute Gasteiger partial charge is 0.186 e. The molecule has 0 spiro atoms. The van der Waals surface area contributed by atoms with Gasteiger partial charge in [0.2, 0.25) is 0 Å². The summed E-state index contributed by atoms with van der Waals surface area (Å²) in [6, 6.07) is -3.10. The number of rotatable bonds is 12. The van der Waals surface area contributed by atoms with E-state index in [1.165, 1.54) is 11.8 Å². The van der Waals surface area contributed by atoms with Crippen molar-refractivity contribution in [2.45, 2.75) is 98.4 Å². The van der Waals surface area contributed by atoms with Crippen LogP contribution in [-0.4, -0.2) is 143 Å². The quantitative estimate of drug-likeness (QED) is 0.0761. The van der Waals surface area contributed by atoms with Gasteiger partial charge in [-0.2, -0.15) is 24.4 Å². The third-order valence-corrected chi connectivity index (χ3v) is 8.33. The van der Waals surface area contributed by atoms with E-state index in [-0.39, 0.29) is 19.4 Å². The van der Waals surface area contributed by atoms with Crippen LogP contribution in [0.5, 0.6) is 0 Å². The van der Waals surface area contributed by atoms with Gasteiger partial charge in [-0.1, -0.05) is 0 Å². The molecule has 2 heterocycles. The first kappa shape index (κ1) is 32.7. The Bertz CT molecular complexity index is 710. The van der Waals surface area contributed by atoms with Gasteiger partial charge in [-0.25, -0.2) is 0 Å². The topological polar surface area (TPSA) is 257 Å². The summed E-state index contributed by atoms with van der Waals surface area (Å²) < 4.78 is 28.9. The molecular formula is C22H45N5O9S2. The Labute approximate surface area is 232 Å². The Balaban J connectivity index is 1.62. The van der Waals surface area contributed by atoms with Gasteiger partial charge in [0.05, 0.1) is 49.7 Å². The summed E-state index contributed by atoms with van der Waals surface area (Å²) in [6.45, 7) is 1.13. The summed E-state index contributed by atoms with van der Waals surface area (Å²) in [4.78, 5) is 0. The summed E-state index contributed by atoms with van der Waals surface area (Å²) >= 11 is 5.59. The van der Waals surface area contributed by atoms with Gasteiger partial charge in [0.1, 0.15) is 24.4 Å². The molecule has 0 amide bonds. The van der Waals surface area contributed by atoms with Gasteiger partial charge in [-0.3, -0.25) is 0 Å². The number of thioether (sulfide) groups is 1. The van der Waals surface area contributed by atoms with E-state index in [2.05, 4.69) is 12.6 Å². The van der Waals surface area contributed by atoms with E-state index in [4.69, 9.17) is 52.4 Å². The van der Waals surface area contributed by atoms with Crippen LogP contribution in [-0.2, 0) is 23.7 Å². The second-order valence-corrected chi connectivity index (χ2v) is 11.6. The summed E-state index contributed by atoms with van der Waals surface area (Å²) in [6.07, 6.45) is -9.88. The highest BCUT2D eigenvalue weighted by Crippen LogP contribution is 2.31. The predicted octanol–water partition coefficient (Wildman–Crippen LogP) is -4.61. The fraction of sp³-hybridized carbons (Fsp3) is 1.00. The molecule has 2 aliphatic heterocycles. The molecule has 16 heteroatoms. The van der Waals surface area contributed by atoms with Crippen molar-refractivity contribution in [3.05, 3.63) is 0 Å². The fourth-order valence-corrected chi connectivity index (χ4v) is 5.94. The van der Waals surface area contributed by atoms with E-state index < -0.39 is 85.6 Å². The summed E-state index contributed by atoms with van der Waals surface area (Å²) in [5.74, 6) is 1.68. The number of aliphatic hydroxyl groups excluding tert-OH is 4. The van der Waals surface area contributed by atoms with E-state index in [9.17, 15) is 20.4 Å². The Morgan fingerprint density at radius 2 is 1.42 bits per heavy atom. The number of ether oxygens (including phenoxy) is 5. The predicted molar refractivity (Wildman–Crippen MR) is 143 cm³/mol. The lowest BCUT2D eigenvalue weighted by Crippen LogP contribution is -2.68. The Morgan fingerprint density at radius 3 is 2.05 bits per heavy atom. The number of aliphatic hydroxyl groups is 4. The first-order valence-electron chi connectivity index (χ1n) is 12.9. The highest BCUT2D eigenvalue weighted by Gasteiger charge is 2.50. The van der Waals surface area contributed by atoms with Crippen LogP contribution in [0.1, 0.15) is 12.8 Å². The van der Waals surface area contributed by atoms with Crippen LogP contribution in [0.2, 0.25) is 0 Å². The molecule has 0 aromatic heterocycles. The van der Waals surface area contributed by atoms with Crippen LogP contribution in [0.3, 0.4) is 0 Å². The minimum Gasteiger partial charge on any atom is -0.390 e. The van der Waals surface area contributed by atoms with Crippen molar-refractivity contribution >= 4 is 24.4 Å². The summed E-state index contributed by atoms with van der Waals surface area (Å²) in [5.41, 5.74) is 30.4. The molecule has 0 radical (unpaired) electrons. The maximum absolute atomic E-state index is 11.2. The lowest BCUT2D eigenvalue weighted by Gasteiger charge is -2.48. The highest BCUT2D eigenvalue weighted by atomic mass is 32.2. The molecule has 38 heavy (non-hydrogen) atoms. The molecule has 14 atom stereocenters. The van der Waals surface area contributed by atoms with E-state index in [1.54, 1.807) is 0 Å². The molecule has 224 valence electrons. The molecule has 0 bridgehead atoms. The van der Waals surface area contributed by atoms with Crippen molar-refractivity contribution in [1.82, 2.24) is 0 Å². The zero-order valence-electron chi connectivity index (χ0n) is 21.3. The Kier molecular flexibility index (Phi) is 13.2. The van der Waals surface area contributed by atoms with Crippen LogP contribution in [0, 0.1) is 0 Å². The number of thiol groups is 1. The molecule has 2 saturated heterocycles. The lowest BCUT2D eigenvalue weighted by molar-refractivity contribution is -0.309. The lowest BCUT2D eigenvalue weighted by atomic mass is 9.84. The molecular weight excluding hydrogens is 542 g/mol. The van der Waals surface area contributed by atoms with E-state index >= 15 is 0 Å². The van der Waals surface area contributed by atoms with Gasteiger partial charge < -0.3 is 72.8 Å². The maximum atomic E-state index is 11.2. The van der Waals surface area contributed by atoms with Crippen LogP contribution >= 0.6 is 24.4 Å². The molecule has 3 aliphatic rings. The van der Waals surface area contributed by atoms with Gasteiger partial charge in [-0.15, -0.1) is 0 Å². The number of hydrogen-bond donors (Lipinski definition) is 10. The van der Waals surface area contributed by atoms with Crippen molar-refractivity contribution < 1.29 is 44.1 Å². The molecule has 0 aromatic carbocycles. The second-order valence-electron chi connectivity index (χ2n) is 10.0. The van der Waals surface area contributed by atoms with Crippen LogP contribution < -0.4 is 28.7 Å². The maximum Gasteiger partial charge on any atom is 0.186 e. The van der Waals surface area contributed by atoms with E-state index in [0.29, 0.717) is 30.5 Å². The zero-order valence-corrected chi connectivity index (χ0v) is 23.0. The fourth-order valence-electron chi connectivity index (χ4n) is 4.90. The second kappa shape index (κ2) is 15.4. The molecule has 0 aromatic rings. The van der Waals surface area contributed by atoms with E-state index in [0.717, 1.165) is 0 Å². The normalized spacial score (nSPS) is 46.3. The van der Waals surface area contributed by atoms with Crippen LogP contribution in [0.25, 0.3) is 0 Å². The first-order chi connectivity index (χ1) is 18.1. The molecule has 0 unspecified atom stereocenters. The van der Waals surface area contributed by atoms with Gasteiger partial charge >= 0.3 is 0 Å². The van der Waals surface area contributed by atoms with Crippen molar-refractivity contribution in [2.75, 3.05) is 37.0 Å². The average molecular weight is 588 g/mol. The third kappa shape index (κ3) is 8.12. The Hall–Kier alpha value is 0.140. The van der Waals surface area contributed by atoms with Crippen molar-refractivity contribution in [3.8, 4) is 0 Å². The first-order valence-corrected chi connectivity index (χ1v) is 14.7. The average Bonchev–Trinajstić information content (AvgIpc) is 2.88. The zero-order chi connectivity index (χ0) is 28.0. The number of nitrogens with two attached hydrogens (primary N) is 5. The summed E-state index contributed by atoms with van der Waals surface area (Å²) in [5, 5.41) is 42.5.